The molecule has 2 rings (SSSR count). The lowest BCUT2D eigenvalue weighted by Crippen LogP contribution is -1.75. The van der Waals surface area contributed by atoms with Gasteiger partial charge in [-0.25, -0.2) is 0 Å². The zero-order valence-corrected chi connectivity index (χ0v) is 14.7. The van der Waals surface area contributed by atoms with Gasteiger partial charge in [-0.15, -0.1) is 0 Å². The fourth-order valence-corrected chi connectivity index (χ4v) is 2.19. The molecule has 104 valence electrons. The maximum Gasteiger partial charge on any atom is 0.0246 e. The van der Waals surface area contributed by atoms with Crippen LogP contribution in [-0.4, -0.2) is 0 Å². The van der Waals surface area contributed by atoms with Gasteiger partial charge in [-0.05, 0) is 55.0 Å². The third kappa shape index (κ3) is 6.21. The summed E-state index contributed by atoms with van der Waals surface area (Å²) in [4.78, 5) is 0. The van der Waals surface area contributed by atoms with Gasteiger partial charge in [0.15, 0.2) is 0 Å². The molecule has 0 bridgehead atoms. The fraction of sp³-hybridized carbons (Fsp3) is 0.158. The highest BCUT2D eigenvalue weighted by Gasteiger charge is 1.88. The summed E-state index contributed by atoms with van der Waals surface area (Å²) in [6, 6.07) is 16.1. The number of benzene rings is 2. The van der Waals surface area contributed by atoms with Gasteiger partial charge in [0.2, 0.25) is 0 Å². The Morgan fingerprint density at radius 2 is 1.00 bits per heavy atom. The third-order valence-corrected chi connectivity index (χ3v) is 3.81. The lowest BCUT2D eigenvalue weighted by atomic mass is 10.2. The first-order valence-corrected chi connectivity index (χ1v) is 8.31. The average Bonchev–Trinajstić information content (AvgIpc) is 2.50. The van der Waals surface area contributed by atoms with Crippen molar-refractivity contribution in [3.8, 4) is 23.7 Å². The van der Waals surface area contributed by atoms with E-state index in [1.165, 1.54) is 0 Å². The Bertz CT molecular complexity index is 626. The lowest BCUT2D eigenvalue weighted by Gasteiger charge is -1.91. The normalized spacial score (nSPS) is 9.24. The minimum atomic E-state index is 0.880. The topological polar surface area (TPSA) is 0 Å². The first-order chi connectivity index (χ1) is 10.2. The molecule has 0 fully saturated rings. The standard InChI is InChI=1S/C19H14Br2/c20-18-12-8-16(9-13-18)6-4-2-1-3-5-7-17-10-14-19(21)15-11-17/h8-15H,1-3H2. The Kier molecular flexibility index (Phi) is 6.61. The molecule has 0 aromatic heterocycles. The van der Waals surface area contributed by atoms with E-state index in [0.717, 1.165) is 39.3 Å². The number of rotatable bonds is 2. The molecule has 0 heterocycles. The summed E-state index contributed by atoms with van der Waals surface area (Å²) in [6.45, 7) is 0. The van der Waals surface area contributed by atoms with Gasteiger partial charge in [0.1, 0.15) is 0 Å². The van der Waals surface area contributed by atoms with Crippen molar-refractivity contribution in [2.24, 2.45) is 0 Å². The van der Waals surface area contributed by atoms with E-state index in [0.29, 0.717) is 0 Å². The van der Waals surface area contributed by atoms with Gasteiger partial charge in [0, 0.05) is 32.9 Å². The Morgan fingerprint density at radius 1 is 0.619 bits per heavy atom. The van der Waals surface area contributed by atoms with Crippen LogP contribution in [-0.2, 0) is 0 Å². The van der Waals surface area contributed by atoms with Crippen molar-refractivity contribution in [2.75, 3.05) is 0 Å². The lowest BCUT2D eigenvalue weighted by molar-refractivity contribution is 0.903. The second-order valence-corrected chi connectivity index (χ2v) is 6.30. The van der Waals surface area contributed by atoms with Crippen LogP contribution in [0.4, 0.5) is 0 Å². The van der Waals surface area contributed by atoms with Crippen molar-refractivity contribution in [3.63, 3.8) is 0 Å². The van der Waals surface area contributed by atoms with E-state index in [1.54, 1.807) is 0 Å². The Balaban J connectivity index is 1.73. The molecule has 0 atom stereocenters. The summed E-state index contributed by atoms with van der Waals surface area (Å²) < 4.78 is 2.16. The minimum Gasteiger partial charge on any atom is -0.0979 e. The molecule has 0 aliphatic rings. The van der Waals surface area contributed by atoms with Crippen molar-refractivity contribution in [2.45, 2.75) is 19.3 Å². The van der Waals surface area contributed by atoms with Crippen LogP contribution in [0.2, 0.25) is 0 Å². The van der Waals surface area contributed by atoms with Crippen LogP contribution < -0.4 is 0 Å². The third-order valence-electron chi connectivity index (χ3n) is 2.76. The maximum absolute atomic E-state index is 3.41. The van der Waals surface area contributed by atoms with Crippen LogP contribution in [0.3, 0.4) is 0 Å². The summed E-state index contributed by atoms with van der Waals surface area (Å²) in [5.74, 6) is 12.7. The molecule has 0 radical (unpaired) electrons. The van der Waals surface area contributed by atoms with E-state index in [9.17, 15) is 0 Å². The van der Waals surface area contributed by atoms with Crippen molar-refractivity contribution in [1.82, 2.24) is 0 Å². The maximum atomic E-state index is 3.41. The SMILES string of the molecule is Brc1ccc(C#CCCCC#Cc2ccc(Br)cc2)cc1. The zero-order valence-electron chi connectivity index (χ0n) is 11.5. The van der Waals surface area contributed by atoms with Gasteiger partial charge in [0.25, 0.3) is 0 Å². The molecule has 2 heteroatoms. The highest BCUT2D eigenvalue weighted by molar-refractivity contribution is 9.10. The van der Waals surface area contributed by atoms with Crippen molar-refractivity contribution in [3.05, 3.63) is 68.6 Å². The van der Waals surface area contributed by atoms with Gasteiger partial charge in [-0.2, -0.15) is 0 Å². The van der Waals surface area contributed by atoms with Gasteiger partial charge in [-0.3, -0.25) is 0 Å². The molecule has 0 aliphatic carbocycles. The first-order valence-electron chi connectivity index (χ1n) is 6.73. The highest BCUT2D eigenvalue weighted by Crippen LogP contribution is 2.10. The molecular weight excluding hydrogens is 388 g/mol. The first kappa shape index (κ1) is 15.9. The van der Waals surface area contributed by atoms with Gasteiger partial charge >= 0.3 is 0 Å². The number of halogens is 2. The highest BCUT2D eigenvalue weighted by atomic mass is 79.9. The smallest absolute Gasteiger partial charge is 0.0246 e. The quantitative estimate of drug-likeness (QED) is 0.441. The number of hydrogen-bond donors (Lipinski definition) is 0. The van der Waals surface area contributed by atoms with Crippen LogP contribution in [0.15, 0.2) is 57.5 Å². The average molecular weight is 402 g/mol. The molecule has 0 saturated heterocycles. The van der Waals surface area contributed by atoms with E-state index in [4.69, 9.17) is 0 Å². The van der Waals surface area contributed by atoms with Gasteiger partial charge in [-0.1, -0.05) is 55.5 Å². The molecule has 21 heavy (non-hydrogen) atoms. The Hall–Kier alpha value is -1.48. The van der Waals surface area contributed by atoms with Crippen LogP contribution in [0.1, 0.15) is 30.4 Å². The summed E-state index contributed by atoms with van der Waals surface area (Å²) >= 11 is 6.83. The molecule has 0 unspecified atom stereocenters. The van der Waals surface area contributed by atoms with Crippen LogP contribution in [0.5, 0.6) is 0 Å². The van der Waals surface area contributed by atoms with E-state index >= 15 is 0 Å². The van der Waals surface area contributed by atoms with Crippen LogP contribution in [0, 0.1) is 23.7 Å². The van der Waals surface area contributed by atoms with Crippen LogP contribution in [0.25, 0.3) is 0 Å². The van der Waals surface area contributed by atoms with E-state index in [2.05, 4.69) is 55.5 Å². The van der Waals surface area contributed by atoms with E-state index in [1.807, 2.05) is 48.5 Å². The Morgan fingerprint density at radius 3 is 1.38 bits per heavy atom. The second kappa shape index (κ2) is 8.73. The van der Waals surface area contributed by atoms with Crippen LogP contribution >= 0.6 is 31.9 Å². The summed E-state index contributed by atoms with van der Waals surface area (Å²) in [6.07, 6.45) is 2.77. The van der Waals surface area contributed by atoms with Crippen molar-refractivity contribution in [1.29, 1.82) is 0 Å². The molecule has 2 aromatic rings. The second-order valence-electron chi connectivity index (χ2n) is 4.47. The molecule has 0 spiro atoms. The number of unbranched alkanes of at least 4 members (excludes halogenated alkanes) is 2. The minimum absolute atomic E-state index is 0.880. The number of hydrogen-bond acceptors (Lipinski definition) is 0. The summed E-state index contributed by atoms with van der Waals surface area (Å²) in [5.41, 5.74) is 2.11. The van der Waals surface area contributed by atoms with Gasteiger partial charge < -0.3 is 0 Å². The largest absolute Gasteiger partial charge is 0.0979 e. The monoisotopic (exact) mass is 400 g/mol. The van der Waals surface area contributed by atoms with Gasteiger partial charge in [0.05, 0.1) is 0 Å². The molecule has 0 nitrogen and oxygen atoms in total. The zero-order chi connectivity index (χ0) is 14.9. The summed E-state index contributed by atoms with van der Waals surface area (Å²) in [5, 5.41) is 0. The molecular formula is C19H14Br2. The van der Waals surface area contributed by atoms with Crippen molar-refractivity contribution >= 4 is 31.9 Å². The Labute approximate surface area is 143 Å². The molecule has 0 saturated carbocycles. The fourth-order valence-electron chi connectivity index (χ4n) is 1.66. The molecule has 0 amide bonds. The molecule has 2 aromatic carbocycles. The van der Waals surface area contributed by atoms with Crippen molar-refractivity contribution < 1.29 is 0 Å². The molecule has 0 N–H and O–H groups in total. The van der Waals surface area contributed by atoms with E-state index in [-0.39, 0.29) is 0 Å². The predicted octanol–water partition coefficient (Wildman–Crippen LogP) is 5.79. The predicted molar refractivity (Wildman–Crippen MR) is 95.9 cm³/mol. The van der Waals surface area contributed by atoms with E-state index < -0.39 is 0 Å². The molecule has 0 aliphatic heterocycles. The summed E-state index contributed by atoms with van der Waals surface area (Å²) in [7, 11) is 0.